The lowest BCUT2D eigenvalue weighted by atomic mass is 10.2. The molecule has 0 spiro atoms. The Bertz CT molecular complexity index is 925. The summed E-state index contributed by atoms with van der Waals surface area (Å²) in [5, 5.41) is 13.6. The van der Waals surface area contributed by atoms with E-state index in [1.165, 1.54) is 4.70 Å². The molecule has 21 heavy (non-hydrogen) atoms. The number of nitrogens with zero attached hydrogens (tertiary/aromatic N) is 1. The van der Waals surface area contributed by atoms with Crippen molar-refractivity contribution in [2.45, 2.75) is 6.54 Å². The fourth-order valence-corrected chi connectivity index (χ4v) is 3.91. The smallest absolute Gasteiger partial charge is 0.0881 e. The van der Waals surface area contributed by atoms with Crippen LogP contribution < -0.4 is 5.32 Å². The highest BCUT2D eigenvalue weighted by atomic mass is 35.5. The predicted octanol–water partition coefficient (Wildman–Crippen LogP) is 5.04. The second-order valence-electron chi connectivity index (χ2n) is 4.83. The minimum Gasteiger partial charge on any atom is -0.378 e. The van der Waals surface area contributed by atoms with Gasteiger partial charge in [0.2, 0.25) is 0 Å². The summed E-state index contributed by atoms with van der Waals surface area (Å²) >= 11 is 8.20. The van der Waals surface area contributed by atoms with Crippen LogP contribution in [-0.4, -0.2) is 10.2 Å². The van der Waals surface area contributed by atoms with Crippen molar-refractivity contribution in [3.63, 3.8) is 0 Å². The van der Waals surface area contributed by atoms with Crippen LogP contribution in [0.2, 0.25) is 5.02 Å². The van der Waals surface area contributed by atoms with Gasteiger partial charge in [-0.05, 0) is 12.1 Å². The molecule has 0 fully saturated rings. The Kier molecular flexibility index (Phi) is 3.05. The maximum Gasteiger partial charge on any atom is 0.0881 e. The highest BCUT2D eigenvalue weighted by molar-refractivity contribution is 7.19. The number of anilines is 1. The maximum atomic E-state index is 6.47. The summed E-state index contributed by atoms with van der Waals surface area (Å²) in [5.74, 6) is 0. The molecule has 2 aromatic heterocycles. The van der Waals surface area contributed by atoms with Crippen molar-refractivity contribution >= 4 is 49.6 Å². The van der Waals surface area contributed by atoms with Gasteiger partial charge in [-0.1, -0.05) is 41.9 Å². The molecule has 2 heterocycles. The molecule has 104 valence electrons. The summed E-state index contributed by atoms with van der Waals surface area (Å²) in [6.07, 6.45) is 1.83. The summed E-state index contributed by atoms with van der Waals surface area (Å²) in [6, 6.07) is 14.3. The first-order chi connectivity index (χ1) is 10.3. The normalized spacial score (nSPS) is 11.3. The molecule has 0 saturated heterocycles. The topological polar surface area (TPSA) is 40.7 Å². The lowest BCUT2D eigenvalue weighted by Gasteiger charge is -2.06. The molecular formula is C16H12ClN3S. The molecule has 0 atom stereocenters. The van der Waals surface area contributed by atoms with Crippen LogP contribution in [0.4, 0.5) is 5.69 Å². The molecular weight excluding hydrogens is 302 g/mol. The van der Waals surface area contributed by atoms with Crippen LogP contribution in [0.25, 0.3) is 21.0 Å². The Morgan fingerprint density at radius 3 is 2.95 bits per heavy atom. The van der Waals surface area contributed by atoms with E-state index in [-0.39, 0.29) is 0 Å². The van der Waals surface area contributed by atoms with Crippen molar-refractivity contribution in [1.82, 2.24) is 10.2 Å². The second-order valence-corrected chi connectivity index (χ2v) is 6.34. The van der Waals surface area contributed by atoms with Gasteiger partial charge in [0.05, 0.1) is 29.0 Å². The predicted molar refractivity (Wildman–Crippen MR) is 90.3 cm³/mol. The quantitative estimate of drug-likeness (QED) is 0.556. The number of benzene rings is 2. The van der Waals surface area contributed by atoms with Crippen LogP contribution in [0.15, 0.2) is 48.7 Å². The SMILES string of the molecule is Clc1c(CNc2cccc3cn[nH]c23)sc2ccccc12. The highest BCUT2D eigenvalue weighted by Crippen LogP contribution is 2.35. The van der Waals surface area contributed by atoms with Gasteiger partial charge in [-0.3, -0.25) is 5.10 Å². The van der Waals surface area contributed by atoms with Crippen LogP contribution in [0.1, 0.15) is 4.88 Å². The third-order valence-electron chi connectivity index (χ3n) is 3.52. The number of fused-ring (bicyclic) bond motifs is 2. The van der Waals surface area contributed by atoms with Crippen LogP contribution >= 0.6 is 22.9 Å². The first kappa shape index (κ1) is 12.7. The number of H-pyrrole nitrogens is 1. The largest absolute Gasteiger partial charge is 0.378 e. The van der Waals surface area contributed by atoms with E-state index in [9.17, 15) is 0 Å². The number of hydrogen-bond donors (Lipinski definition) is 2. The molecule has 0 saturated carbocycles. The van der Waals surface area contributed by atoms with Gasteiger partial charge >= 0.3 is 0 Å². The highest BCUT2D eigenvalue weighted by Gasteiger charge is 2.10. The number of para-hydroxylation sites is 1. The Morgan fingerprint density at radius 1 is 1.14 bits per heavy atom. The number of rotatable bonds is 3. The van der Waals surface area contributed by atoms with Gasteiger partial charge in [0.1, 0.15) is 0 Å². The number of hydrogen-bond acceptors (Lipinski definition) is 3. The Balaban J connectivity index is 1.66. The molecule has 0 unspecified atom stereocenters. The van der Waals surface area contributed by atoms with Crippen molar-refractivity contribution in [2.24, 2.45) is 0 Å². The number of aromatic nitrogens is 2. The standard InChI is InChI=1S/C16H12ClN3S/c17-15-11-5-1-2-7-13(11)21-14(15)9-18-12-6-3-4-10-8-19-20-16(10)12/h1-8,18H,9H2,(H,19,20). The molecule has 4 rings (SSSR count). The van der Waals surface area contributed by atoms with E-state index in [0.717, 1.165) is 31.9 Å². The van der Waals surface area contributed by atoms with E-state index in [4.69, 9.17) is 11.6 Å². The Hall–Kier alpha value is -2.04. The lowest BCUT2D eigenvalue weighted by Crippen LogP contribution is -1.98. The third kappa shape index (κ3) is 2.17. The number of halogens is 1. The Morgan fingerprint density at radius 2 is 2.05 bits per heavy atom. The zero-order chi connectivity index (χ0) is 14.2. The van der Waals surface area contributed by atoms with E-state index in [1.54, 1.807) is 11.3 Å². The molecule has 0 bridgehead atoms. The van der Waals surface area contributed by atoms with Crippen molar-refractivity contribution in [1.29, 1.82) is 0 Å². The summed E-state index contributed by atoms with van der Waals surface area (Å²) in [7, 11) is 0. The number of thiophene rings is 1. The molecule has 0 radical (unpaired) electrons. The van der Waals surface area contributed by atoms with Gasteiger partial charge < -0.3 is 5.32 Å². The van der Waals surface area contributed by atoms with E-state index in [2.05, 4.69) is 27.6 Å². The summed E-state index contributed by atoms with van der Waals surface area (Å²) in [4.78, 5) is 1.15. The van der Waals surface area contributed by atoms with Gasteiger partial charge in [-0.2, -0.15) is 5.10 Å². The van der Waals surface area contributed by atoms with Gasteiger partial charge in [-0.15, -0.1) is 11.3 Å². The molecule has 2 N–H and O–H groups in total. The van der Waals surface area contributed by atoms with Crippen LogP contribution in [0.5, 0.6) is 0 Å². The molecule has 0 aliphatic heterocycles. The van der Waals surface area contributed by atoms with Crippen LogP contribution in [0, 0.1) is 0 Å². The second kappa shape index (κ2) is 5.06. The van der Waals surface area contributed by atoms with Crippen molar-refractivity contribution < 1.29 is 0 Å². The third-order valence-corrected chi connectivity index (χ3v) is 5.23. The van der Waals surface area contributed by atoms with Crippen molar-refractivity contribution in [3.05, 3.63) is 58.6 Å². The summed E-state index contributed by atoms with van der Waals surface area (Å²) in [5.41, 5.74) is 2.06. The van der Waals surface area contributed by atoms with Gasteiger partial charge in [0, 0.05) is 20.3 Å². The number of aromatic amines is 1. The van der Waals surface area contributed by atoms with E-state index in [1.807, 2.05) is 36.5 Å². The summed E-state index contributed by atoms with van der Waals surface area (Å²) in [6.45, 7) is 0.705. The molecule has 5 heteroatoms. The first-order valence-corrected chi connectivity index (χ1v) is 7.84. The Labute approximate surface area is 130 Å². The fraction of sp³-hybridized carbons (Fsp3) is 0.0625. The van der Waals surface area contributed by atoms with E-state index < -0.39 is 0 Å². The fourth-order valence-electron chi connectivity index (χ4n) is 2.47. The number of nitrogens with one attached hydrogen (secondary N) is 2. The van der Waals surface area contributed by atoms with E-state index >= 15 is 0 Å². The zero-order valence-electron chi connectivity index (χ0n) is 11.1. The van der Waals surface area contributed by atoms with Gasteiger partial charge in [0.15, 0.2) is 0 Å². The average Bonchev–Trinajstić information content (AvgIpc) is 3.11. The minimum atomic E-state index is 0.705. The molecule has 2 aromatic carbocycles. The maximum absolute atomic E-state index is 6.47. The first-order valence-electron chi connectivity index (χ1n) is 6.65. The van der Waals surface area contributed by atoms with Crippen LogP contribution in [-0.2, 0) is 6.54 Å². The molecule has 0 aliphatic carbocycles. The lowest BCUT2D eigenvalue weighted by molar-refractivity contribution is 1.11. The van der Waals surface area contributed by atoms with Gasteiger partial charge in [0.25, 0.3) is 0 Å². The van der Waals surface area contributed by atoms with Crippen molar-refractivity contribution in [3.8, 4) is 0 Å². The van der Waals surface area contributed by atoms with E-state index in [0.29, 0.717) is 6.54 Å². The molecule has 3 nitrogen and oxygen atoms in total. The van der Waals surface area contributed by atoms with Crippen molar-refractivity contribution in [2.75, 3.05) is 5.32 Å². The molecule has 0 aliphatic rings. The average molecular weight is 314 g/mol. The summed E-state index contributed by atoms with van der Waals surface area (Å²) < 4.78 is 1.22. The monoisotopic (exact) mass is 313 g/mol. The van der Waals surface area contributed by atoms with Gasteiger partial charge in [-0.25, -0.2) is 0 Å². The minimum absolute atomic E-state index is 0.705. The molecule has 4 aromatic rings. The zero-order valence-corrected chi connectivity index (χ0v) is 12.6. The molecule has 0 amide bonds. The van der Waals surface area contributed by atoms with Crippen LogP contribution in [0.3, 0.4) is 0 Å².